The van der Waals surface area contributed by atoms with E-state index in [1.165, 1.54) is 6.39 Å². The van der Waals surface area contributed by atoms with Crippen molar-refractivity contribution in [2.24, 2.45) is 5.10 Å². The number of hydrogen-bond donors (Lipinski definition) is 2. The number of hydrazone groups is 1. The summed E-state index contributed by atoms with van der Waals surface area (Å²) in [6.45, 7) is 0. The predicted molar refractivity (Wildman–Crippen MR) is 84.9 cm³/mol. The van der Waals surface area contributed by atoms with Gasteiger partial charge in [0.15, 0.2) is 12.2 Å². The average molecular weight is 294 g/mol. The summed E-state index contributed by atoms with van der Waals surface area (Å²) in [5.41, 5.74) is 5.87. The number of quaternary nitrogens is 1. The maximum atomic E-state index is 5.25. The molecule has 0 aliphatic carbocycles. The van der Waals surface area contributed by atoms with E-state index in [0.717, 1.165) is 28.4 Å². The molecule has 22 heavy (non-hydrogen) atoms. The van der Waals surface area contributed by atoms with Crippen molar-refractivity contribution in [2.45, 2.75) is 0 Å². The van der Waals surface area contributed by atoms with E-state index in [2.05, 4.69) is 20.5 Å². The van der Waals surface area contributed by atoms with Gasteiger partial charge in [-0.2, -0.15) is 5.10 Å². The summed E-state index contributed by atoms with van der Waals surface area (Å²) < 4.78 is 5.25. The van der Waals surface area contributed by atoms with Gasteiger partial charge in [0, 0.05) is 23.4 Å². The monoisotopic (exact) mass is 294 g/mol. The Morgan fingerprint density at radius 3 is 2.82 bits per heavy atom. The van der Waals surface area contributed by atoms with Crippen molar-refractivity contribution in [3.05, 3.63) is 60.7 Å². The van der Waals surface area contributed by atoms with Gasteiger partial charge >= 0.3 is 0 Å². The van der Waals surface area contributed by atoms with Crippen LogP contribution in [0.15, 0.2) is 64.7 Å². The largest absolute Gasteiger partial charge is 0.444 e. The van der Waals surface area contributed by atoms with Crippen molar-refractivity contribution in [2.75, 3.05) is 12.5 Å². The highest BCUT2D eigenvalue weighted by Gasteiger charge is 2.00. The zero-order valence-electron chi connectivity index (χ0n) is 12.1. The van der Waals surface area contributed by atoms with E-state index >= 15 is 0 Å². The van der Waals surface area contributed by atoms with Crippen molar-refractivity contribution < 1.29 is 9.73 Å². The lowest BCUT2D eigenvalue weighted by Crippen LogP contribution is -2.73. The Hall–Kier alpha value is -2.99. The van der Waals surface area contributed by atoms with Crippen LogP contribution in [0.2, 0.25) is 0 Å². The highest BCUT2D eigenvalue weighted by Crippen LogP contribution is 2.20. The second-order valence-electron chi connectivity index (χ2n) is 4.62. The fourth-order valence-electron chi connectivity index (χ4n) is 1.95. The molecule has 3 aromatic rings. The average Bonchev–Trinajstić information content (AvgIpc) is 3.10. The fraction of sp³-hybridized carbons (Fsp3) is 0.0625. The lowest BCUT2D eigenvalue weighted by molar-refractivity contribution is -0.543. The molecule has 3 rings (SSSR count). The van der Waals surface area contributed by atoms with Crippen LogP contribution in [0.4, 0.5) is 11.5 Å². The summed E-state index contributed by atoms with van der Waals surface area (Å²) in [4.78, 5) is 8.11. The predicted octanol–water partition coefficient (Wildman–Crippen LogP) is 2.01. The number of nitrogens with zero attached hydrogens (tertiary/aromatic N) is 3. The maximum absolute atomic E-state index is 5.25. The van der Waals surface area contributed by atoms with Crippen molar-refractivity contribution in [3.63, 3.8) is 0 Å². The quantitative estimate of drug-likeness (QED) is 0.557. The van der Waals surface area contributed by atoms with E-state index in [1.54, 1.807) is 18.6 Å². The van der Waals surface area contributed by atoms with Gasteiger partial charge in [-0.05, 0) is 30.3 Å². The topological polar surface area (TPSA) is 79.9 Å². The SMILES string of the molecule is C[NH2+]c1cc(/C=N/Nc2ccc(-c3cnco3)cc2)ccn1. The lowest BCUT2D eigenvalue weighted by Gasteiger charge is -2.01. The number of rotatable bonds is 5. The molecule has 0 amide bonds. The van der Waals surface area contributed by atoms with Crippen LogP contribution >= 0.6 is 0 Å². The molecule has 6 heteroatoms. The first kappa shape index (κ1) is 14.0. The minimum atomic E-state index is 0.746. The van der Waals surface area contributed by atoms with Crippen molar-refractivity contribution in [1.29, 1.82) is 0 Å². The number of pyridine rings is 1. The molecular formula is C16H16N5O+. The summed E-state index contributed by atoms with van der Waals surface area (Å²) in [5.74, 6) is 1.68. The molecule has 0 saturated heterocycles. The van der Waals surface area contributed by atoms with Crippen LogP contribution in [-0.2, 0) is 0 Å². The van der Waals surface area contributed by atoms with E-state index in [4.69, 9.17) is 4.42 Å². The molecule has 6 nitrogen and oxygen atoms in total. The maximum Gasteiger partial charge on any atom is 0.224 e. The normalized spacial score (nSPS) is 11.0. The van der Waals surface area contributed by atoms with Crippen molar-refractivity contribution in [1.82, 2.24) is 9.97 Å². The number of aromatic nitrogens is 2. The van der Waals surface area contributed by atoms with Gasteiger partial charge in [-0.15, -0.1) is 0 Å². The number of anilines is 1. The van der Waals surface area contributed by atoms with E-state index < -0.39 is 0 Å². The minimum Gasteiger partial charge on any atom is -0.444 e. The summed E-state index contributed by atoms with van der Waals surface area (Å²) in [6.07, 6.45) is 6.64. The molecule has 0 atom stereocenters. The molecule has 0 unspecified atom stereocenters. The van der Waals surface area contributed by atoms with Gasteiger partial charge in [0.2, 0.25) is 5.82 Å². The standard InChI is InChI=1S/C16H15N5O/c1-17-16-8-12(6-7-19-16)9-20-21-14-4-2-13(3-5-14)15-10-18-11-22-15/h2-11,21H,1H3,(H,17,19)/p+1/b20-9+. The summed E-state index contributed by atoms with van der Waals surface area (Å²) in [7, 11) is 1.96. The highest BCUT2D eigenvalue weighted by atomic mass is 16.3. The van der Waals surface area contributed by atoms with Gasteiger partial charge in [0.25, 0.3) is 0 Å². The van der Waals surface area contributed by atoms with Crippen LogP contribution in [0.25, 0.3) is 11.3 Å². The number of benzene rings is 1. The Morgan fingerprint density at radius 1 is 1.23 bits per heavy atom. The molecule has 0 saturated carbocycles. The molecule has 2 aromatic heterocycles. The van der Waals surface area contributed by atoms with Gasteiger partial charge in [0.05, 0.1) is 25.1 Å². The Kier molecular flexibility index (Phi) is 4.22. The van der Waals surface area contributed by atoms with Gasteiger partial charge in [-0.1, -0.05) is 0 Å². The summed E-state index contributed by atoms with van der Waals surface area (Å²) in [5, 5.41) is 6.18. The smallest absolute Gasteiger partial charge is 0.224 e. The van der Waals surface area contributed by atoms with E-state index in [-0.39, 0.29) is 0 Å². The Bertz CT molecular complexity index is 750. The number of nitrogens with two attached hydrogens (primary N) is 1. The molecule has 0 aliphatic heterocycles. The van der Waals surface area contributed by atoms with E-state index in [1.807, 2.05) is 48.8 Å². The molecule has 0 aliphatic rings. The Labute approximate surface area is 127 Å². The zero-order chi connectivity index (χ0) is 15.2. The molecule has 0 spiro atoms. The highest BCUT2D eigenvalue weighted by molar-refractivity contribution is 5.80. The van der Waals surface area contributed by atoms with Crippen LogP contribution in [0.3, 0.4) is 0 Å². The Morgan fingerprint density at radius 2 is 2.09 bits per heavy atom. The summed E-state index contributed by atoms with van der Waals surface area (Å²) in [6, 6.07) is 11.7. The van der Waals surface area contributed by atoms with Gasteiger partial charge in [0.1, 0.15) is 0 Å². The van der Waals surface area contributed by atoms with Crippen molar-refractivity contribution >= 4 is 17.7 Å². The van der Waals surface area contributed by atoms with E-state index in [9.17, 15) is 0 Å². The van der Waals surface area contributed by atoms with Crippen LogP contribution < -0.4 is 10.7 Å². The number of hydrogen-bond acceptors (Lipinski definition) is 5. The first-order valence-electron chi connectivity index (χ1n) is 6.88. The van der Waals surface area contributed by atoms with Crippen molar-refractivity contribution in [3.8, 4) is 11.3 Å². The molecule has 3 N–H and O–H groups in total. The second-order valence-corrected chi connectivity index (χ2v) is 4.62. The zero-order valence-corrected chi connectivity index (χ0v) is 12.1. The molecule has 1 aromatic carbocycles. The third-order valence-electron chi connectivity index (χ3n) is 3.11. The van der Waals surface area contributed by atoms with Gasteiger partial charge in [-0.3, -0.25) is 10.7 Å². The fourth-order valence-corrected chi connectivity index (χ4v) is 1.95. The molecular weight excluding hydrogens is 278 g/mol. The Balaban J connectivity index is 1.64. The van der Waals surface area contributed by atoms with Crippen LogP contribution in [0, 0.1) is 0 Å². The lowest BCUT2D eigenvalue weighted by atomic mass is 10.2. The minimum absolute atomic E-state index is 0.746. The molecule has 110 valence electrons. The molecule has 2 heterocycles. The number of nitrogens with one attached hydrogen (secondary N) is 1. The van der Waals surface area contributed by atoms with Gasteiger partial charge in [-0.25, -0.2) is 9.97 Å². The van der Waals surface area contributed by atoms with E-state index in [0.29, 0.717) is 0 Å². The second kappa shape index (κ2) is 6.64. The molecule has 0 radical (unpaired) electrons. The first-order valence-corrected chi connectivity index (χ1v) is 6.88. The van der Waals surface area contributed by atoms with Crippen LogP contribution in [0.5, 0.6) is 0 Å². The first-order chi connectivity index (χ1) is 10.8. The molecule has 0 bridgehead atoms. The number of oxazole rings is 1. The summed E-state index contributed by atoms with van der Waals surface area (Å²) >= 11 is 0. The van der Waals surface area contributed by atoms with Crippen LogP contribution in [0.1, 0.15) is 5.56 Å². The molecule has 0 fully saturated rings. The van der Waals surface area contributed by atoms with Crippen LogP contribution in [-0.4, -0.2) is 23.2 Å². The third kappa shape index (κ3) is 3.36. The third-order valence-corrected chi connectivity index (χ3v) is 3.11. The van der Waals surface area contributed by atoms with Gasteiger partial charge < -0.3 is 4.42 Å².